The number of aliphatic carboxylic acids is 1. The van der Waals surface area contributed by atoms with Crippen LogP contribution in [0.15, 0.2) is 36.4 Å². The maximum atomic E-state index is 11.5. The van der Waals surface area contributed by atoms with Crippen molar-refractivity contribution in [3.05, 3.63) is 52.5 Å². The Balaban J connectivity index is 1.75. The van der Waals surface area contributed by atoms with Gasteiger partial charge in [0.2, 0.25) is 0 Å². The third-order valence-corrected chi connectivity index (χ3v) is 5.43. The lowest BCUT2D eigenvalue weighted by Crippen LogP contribution is -2.24. The molecule has 0 spiro atoms. The molecule has 1 unspecified atom stereocenters. The number of benzene rings is 2. The smallest absolute Gasteiger partial charge is 0.310 e. The predicted molar refractivity (Wildman–Crippen MR) is 93.9 cm³/mol. The number of carbonyl (C=O) groups is 1. The number of carboxylic acids is 1. The number of ether oxygens (including phenoxy) is 1. The molecule has 0 aromatic heterocycles. The number of aryl methyl sites for hydroxylation is 1. The van der Waals surface area contributed by atoms with E-state index in [1.165, 1.54) is 6.42 Å². The van der Waals surface area contributed by atoms with Crippen LogP contribution in [0, 0.1) is 0 Å². The molecule has 0 heterocycles. The van der Waals surface area contributed by atoms with Gasteiger partial charge in [0.1, 0.15) is 5.75 Å². The summed E-state index contributed by atoms with van der Waals surface area (Å²) >= 11 is 6.38. The van der Waals surface area contributed by atoms with Gasteiger partial charge in [0.25, 0.3) is 0 Å². The Morgan fingerprint density at radius 1 is 1.17 bits per heavy atom. The van der Waals surface area contributed by atoms with Crippen molar-refractivity contribution in [2.75, 3.05) is 0 Å². The molecule has 4 heteroatoms. The third kappa shape index (κ3) is 2.67. The zero-order chi connectivity index (χ0) is 16.7. The van der Waals surface area contributed by atoms with Crippen LogP contribution in [0.2, 0.25) is 5.02 Å². The summed E-state index contributed by atoms with van der Waals surface area (Å²) in [6.45, 7) is 0. The van der Waals surface area contributed by atoms with Crippen molar-refractivity contribution in [1.82, 2.24) is 0 Å². The largest absolute Gasteiger partial charge is 0.488 e. The first kappa shape index (κ1) is 15.5. The van der Waals surface area contributed by atoms with Crippen LogP contribution in [0.5, 0.6) is 5.75 Å². The van der Waals surface area contributed by atoms with Crippen LogP contribution in [0.25, 0.3) is 11.1 Å². The highest BCUT2D eigenvalue weighted by Crippen LogP contribution is 2.42. The van der Waals surface area contributed by atoms with Crippen molar-refractivity contribution in [2.45, 2.75) is 44.1 Å². The van der Waals surface area contributed by atoms with E-state index in [4.69, 9.17) is 16.3 Å². The van der Waals surface area contributed by atoms with Gasteiger partial charge < -0.3 is 9.84 Å². The summed E-state index contributed by atoms with van der Waals surface area (Å²) in [5.41, 5.74) is 3.97. The second-order valence-corrected chi connectivity index (χ2v) is 7.04. The topological polar surface area (TPSA) is 46.5 Å². The minimum atomic E-state index is -0.747. The molecule has 0 radical (unpaired) electrons. The van der Waals surface area contributed by atoms with E-state index >= 15 is 0 Å². The van der Waals surface area contributed by atoms with Gasteiger partial charge in [0.05, 0.1) is 17.0 Å². The Morgan fingerprint density at radius 2 is 2.00 bits per heavy atom. The standard InChI is InChI=1S/C20H19ClO3/c21-18-6-2-5-15(19(18)24-14-3-1-4-14)13-8-7-12-9-10-16(20(22)23)17(12)11-13/h2,5-8,11,14,16H,1,3-4,9-10H2,(H,22,23). The SMILES string of the molecule is O=C(O)C1CCc2ccc(-c3cccc(Cl)c3OC3CCC3)cc21. The fourth-order valence-corrected chi connectivity index (χ4v) is 3.76. The van der Waals surface area contributed by atoms with Gasteiger partial charge in [-0.15, -0.1) is 0 Å². The van der Waals surface area contributed by atoms with Crippen LogP contribution >= 0.6 is 11.6 Å². The fourth-order valence-electron chi connectivity index (χ4n) is 3.54. The van der Waals surface area contributed by atoms with Crippen molar-refractivity contribution in [1.29, 1.82) is 0 Å². The number of hydrogen-bond acceptors (Lipinski definition) is 2. The highest BCUT2D eigenvalue weighted by molar-refractivity contribution is 6.32. The van der Waals surface area contributed by atoms with E-state index < -0.39 is 11.9 Å². The van der Waals surface area contributed by atoms with Gasteiger partial charge >= 0.3 is 5.97 Å². The zero-order valence-electron chi connectivity index (χ0n) is 13.3. The maximum Gasteiger partial charge on any atom is 0.310 e. The second-order valence-electron chi connectivity index (χ2n) is 6.63. The normalized spacial score (nSPS) is 19.6. The summed E-state index contributed by atoms with van der Waals surface area (Å²) in [7, 11) is 0. The molecule has 4 rings (SSSR count). The van der Waals surface area contributed by atoms with Crippen LogP contribution in [0.3, 0.4) is 0 Å². The van der Waals surface area contributed by atoms with E-state index in [1.54, 1.807) is 0 Å². The first-order chi connectivity index (χ1) is 11.6. The maximum absolute atomic E-state index is 11.5. The van der Waals surface area contributed by atoms with Crippen LogP contribution in [-0.4, -0.2) is 17.2 Å². The molecule has 0 aliphatic heterocycles. The Bertz CT molecular complexity index is 795. The van der Waals surface area contributed by atoms with Crippen LogP contribution < -0.4 is 4.74 Å². The van der Waals surface area contributed by atoms with Crippen molar-refractivity contribution in [2.24, 2.45) is 0 Å². The summed E-state index contributed by atoms with van der Waals surface area (Å²) in [4.78, 5) is 11.5. The van der Waals surface area contributed by atoms with Gasteiger partial charge in [0.15, 0.2) is 0 Å². The Morgan fingerprint density at radius 3 is 2.71 bits per heavy atom. The van der Waals surface area contributed by atoms with Crippen molar-refractivity contribution >= 4 is 17.6 Å². The highest BCUT2D eigenvalue weighted by Gasteiger charge is 2.29. The van der Waals surface area contributed by atoms with Crippen LogP contribution in [0.1, 0.15) is 42.7 Å². The van der Waals surface area contributed by atoms with Gasteiger partial charge in [-0.05, 0) is 60.9 Å². The van der Waals surface area contributed by atoms with E-state index in [2.05, 4.69) is 0 Å². The molecular formula is C20H19ClO3. The van der Waals surface area contributed by atoms with Crippen LogP contribution in [0.4, 0.5) is 0 Å². The summed E-state index contributed by atoms with van der Waals surface area (Å²) in [6.07, 6.45) is 5.07. The van der Waals surface area contributed by atoms with E-state index in [1.807, 2.05) is 36.4 Å². The van der Waals surface area contributed by atoms with Crippen LogP contribution in [-0.2, 0) is 11.2 Å². The second kappa shape index (κ2) is 6.14. The molecule has 124 valence electrons. The monoisotopic (exact) mass is 342 g/mol. The molecule has 1 saturated carbocycles. The van der Waals surface area contributed by atoms with E-state index in [0.717, 1.165) is 41.5 Å². The average Bonchev–Trinajstić information content (AvgIpc) is 2.95. The number of carboxylic acid groups (broad SMARTS) is 1. The van der Waals surface area contributed by atoms with E-state index in [-0.39, 0.29) is 6.10 Å². The summed E-state index contributed by atoms with van der Waals surface area (Å²) in [5, 5.41) is 10.0. The molecule has 2 aliphatic carbocycles. The highest BCUT2D eigenvalue weighted by atomic mass is 35.5. The van der Waals surface area contributed by atoms with Gasteiger partial charge in [-0.25, -0.2) is 0 Å². The number of halogens is 1. The summed E-state index contributed by atoms with van der Waals surface area (Å²) in [6, 6.07) is 11.8. The lowest BCUT2D eigenvalue weighted by atomic mass is 9.94. The number of rotatable bonds is 4. The van der Waals surface area contributed by atoms with Crippen molar-refractivity contribution in [3.63, 3.8) is 0 Å². The quantitative estimate of drug-likeness (QED) is 0.845. The Hall–Kier alpha value is -2.00. The molecule has 2 aliphatic rings. The van der Waals surface area contributed by atoms with Gasteiger partial charge in [-0.2, -0.15) is 0 Å². The molecule has 3 nitrogen and oxygen atoms in total. The average molecular weight is 343 g/mol. The molecule has 1 N–H and O–H groups in total. The molecule has 0 amide bonds. The van der Waals surface area contributed by atoms with Crippen molar-refractivity contribution in [3.8, 4) is 16.9 Å². The minimum absolute atomic E-state index is 0.241. The predicted octanol–water partition coefficient (Wildman–Crippen LogP) is 5.05. The number of fused-ring (bicyclic) bond motifs is 1. The molecule has 0 bridgehead atoms. The molecule has 0 saturated heterocycles. The lowest BCUT2D eigenvalue weighted by molar-refractivity contribution is -0.138. The van der Waals surface area contributed by atoms with E-state index in [9.17, 15) is 9.90 Å². The van der Waals surface area contributed by atoms with Gasteiger partial charge in [-0.3, -0.25) is 4.79 Å². The van der Waals surface area contributed by atoms with Gasteiger partial charge in [-0.1, -0.05) is 35.9 Å². The molecular weight excluding hydrogens is 324 g/mol. The van der Waals surface area contributed by atoms with Gasteiger partial charge in [0, 0.05) is 5.56 Å². The minimum Gasteiger partial charge on any atom is -0.488 e. The molecule has 24 heavy (non-hydrogen) atoms. The third-order valence-electron chi connectivity index (χ3n) is 5.14. The lowest BCUT2D eigenvalue weighted by Gasteiger charge is -2.28. The Kier molecular flexibility index (Phi) is 3.97. The number of hydrogen-bond donors (Lipinski definition) is 1. The summed E-state index contributed by atoms with van der Waals surface area (Å²) < 4.78 is 6.11. The van der Waals surface area contributed by atoms with Crippen molar-refractivity contribution < 1.29 is 14.6 Å². The molecule has 2 aromatic carbocycles. The number of para-hydroxylation sites is 1. The fraction of sp³-hybridized carbons (Fsp3) is 0.350. The summed E-state index contributed by atoms with van der Waals surface area (Å²) in [5.74, 6) is -0.438. The molecule has 1 fully saturated rings. The Labute approximate surface area is 146 Å². The van der Waals surface area contributed by atoms with E-state index in [0.29, 0.717) is 17.2 Å². The molecule has 1 atom stereocenters. The molecule has 2 aromatic rings. The first-order valence-electron chi connectivity index (χ1n) is 8.44. The zero-order valence-corrected chi connectivity index (χ0v) is 14.1. The first-order valence-corrected chi connectivity index (χ1v) is 8.82.